The quantitative estimate of drug-likeness (QED) is 0.545. The van der Waals surface area contributed by atoms with Crippen molar-refractivity contribution in [2.75, 3.05) is 0 Å². The Morgan fingerprint density at radius 1 is 1.30 bits per heavy atom. The van der Waals surface area contributed by atoms with Crippen molar-refractivity contribution >= 4 is 0 Å². The molecular weight excluding hydrogens is 122 g/mol. The second kappa shape index (κ2) is 1.97. The van der Waals surface area contributed by atoms with Crippen molar-refractivity contribution in [3.63, 3.8) is 0 Å². The predicted molar refractivity (Wildman–Crippen MR) is 42.7 cm³/mol. The molecule has 1 heteroatoms. The van der Waals surface area contributed by atoms with Crippen LogP contribution in [-0.2, 0) is 0 Å². The van der Waals surface area contributed by atoms with Crippen LogP contribution < -0.4 is 5.73 Å². The van der Waals surface area contributed by atoms with E-state index in [9.17, 15) is 0 Å². The molecule has 0 aromatic carbocycles. The van der Waals surface area contributed by atoms with Crippen LogP contribution in [0.3, 0.4) is 0 Å². The van der Waals surface area contributed by atoms with Crippen LogP contribution in [0.15, 0.2) is 0 Å². The number of nitrogens with two attached hydrogens (primary N) is 1. The topological polar surface area (TPSA) is 26.0 Å². The minimum Gasteiger partial charge on any atom is -0.327 e. The van der Waals surface area contributed by atoms with Crippen molar-refractivity contribution in [2.24, 2.45) is 17.1 Å². The van der Waals surface area contributed by atoms with Gasteiger partial charge in [0.05, 0.1) is 0 Å². The molecule has 0 spiro atoms. The minimum absolute atomic E-state index is 0.506. The highest BCUT2D eigenvalue weighted by atomic mass is 14.7. The van der Waals surface area contributed by atoms with E-state index in [2.05, 4.69) is 6.92 Å². The zero-order valence-electron chi connectivity index (χ0n) is 6.77. The lowest BCUT2D eigenvalue weighted by Crippen LogP contribution is -2.40. The highest BCUT2D eigenvalue weighted by molar-refractivity contribution is 4.97. The molecule has 0 radical (unpaired) electrons. The van der Waals surface area contributed by atoms with Crippen LogP contribution in [0.2, 0.25) is 0 Å². The number of rotatable bonds is 0. The molecule has 0 aliphatic heterocycles. The van der Waals surface area contributed by atoms with Gasteiger partial charge in [-0.1, -0.05) is 6.92 Å². The molecule has 0 saturated heterocycles. The first-order valence-electron chi connectivity index (χ1n) is 4.46. The van der Waals surface area contributed by atoms with Crippen molar-refractivity contribution in [1.29, 1.82) is 0 Å². The molecule has 58 valence electrons. The Hall–Kier alpha value is -0.0400. The zero-order chi connectivity index (χ0) is 7.19. The Bertz CT molecular complexity index is 142. The van der Waals surface area contributed by atoms with Crippen LogP contribution in [0.25, 0.3) is 0 Å². The van der Waals surface area contributed by atoms with Gasteiger partial charge < -0.3 is 5.73 Å². The second-order valence-corrected chi connectivity index (χ2v) is 4.45. The van der Waals surface area contributed by atoms with Crippen LogP contribution >= 0.6 is 0 Å². The summed E-state index contributed by atoms with van der Waals surface area (Å²) < 4.78 is 0. The SMILES string of the molecule is CC12CCC(CCC1N)C2. The fourth-order valence-corrected chi connectivity index (χ4v) is 2.74. The lowest BCUT2D eigenvalue weighted by Gasteiger charge is -2.35. The molecule has 2 saturated carbocycles. The van der Waals surface area contributed by atoms with Crippen molar-refractivity contribution in [1.82, 2.24) is 0 Å². The predicted octanol–water partition coefficient (Wildman–Crippen LogP) is 1.91. The van der Waals surface area contributed by atoms with Gasteiger partial charge in [0.2, 0.25) is 0 Å². The summed E-state index contributed by atoms with van der Waals surface area (Å²) in [4.78, 5) is 0. The van der Waals surface area contributed by atoms with E-state index in [1.807, 2.05) is 0 Å². The van der Waals surface area contributed by atoms with Crippen LogP contribution in [-0.4, -0.2) is 6.04 Å². The van der Waals surface area contributed by atoms with Gasteiger partial charge in [0, 0.05) is 6.04 Å². The Kier molecular flexibility index (Phi) is 1.31. The molecule has 2 aliphatic carbocycles. The van der Waals surface area contributed by atoms with Crippen LogP contribution in [0.4, 0.5) is 0 Å². The third kappa shape index (κ3) is 0.800. The zero-order valence-corrected chi connectivity index (χ0v) is 6.77. The first-order chi connectivity index (χ1) is 4.71. The number of fused-ring (bicyclic) bond motifs is 2. The molecule has 2 N–H and O–H groups in total. The maximum absolute atomic E-state index is 6.05. The maximum atomic E-state index is 6.05. The minimum atomic E-state index is 0.506. The Labute approximate surface area is 63.0 Å². The summed E-state index contributed by atoms with van der Waals surface area (Å²) in [6.07, 6.45) is 6.93. The summed E-state index contributed by atoms with van der Waals surface area (Å²) in [5, 5.41) is 0. The average molecular weight is 139 g/mol. The van der Waals surface area contributed by atoms with E-state index in [-0.39, 0.29) is 0 Å². The molecule has 1 nitrogen and oxygen atoms in total. The second-order valence-electron chi connectivity index (χ2n) is 4.45. The standard InChI is InChI=1S/C9H17N/c1-9-5-4-7(6-9)2-3-8(9)10/h7-8H,2-6,10H2,1H3. The van der Waals surface area contributed by atoms with Gasteiger partial charge in [-0.25, -0.2) is 0 Å². The lowest BCUT2D eigenvalue weighted by molar-refractivity contribution is 0.197. The molecule has 2 rings (SSSR count). The molecule has 3 unspecified atom stereocenters. The molecule has 10 heavy (non-hydrogen) atoms. The largest absolute Gasteiger partial charge is 0.327 e. The molecule has 3 atom stereocenters. The first-order valence-corrected chi connectivity index (χ1v) is 4.46. The van der Waals surface area contributed by atoms with Gasteiger partial charge in [0.15, 0.2) is 0 Å². The summed E-state index contributed by atoms with van der Waals surface area (Å²) in [5.41, 5.74) is 6.58. The fraction of sp³-hybridized carbons (Fsp3) is 1.00. The van der Waals surface area contributed by atoms with Crippen molar-refractivity contribution in [2.45, 2.75) is 45.1 Å². The Morgan fingerprint density at radius 3 is 2.80 bits per heavy atom. The van der Waals surface area contributed by atoms with Gasteiger partial charge in [0.1, 0.15) is 0 Å². The number of hydrogen-bond donors (Lipinski definition) is 1. The van der Waals surface area contributed by atoms with E-state index in [0.717, 1.165) is 5.92 Å². The van der Waals surface area contributed by atoms with Crippen molar-refractivity contribution < 1.29 is 0 Å². The first kappa shape index (κ1) is 6.66. The number of hydrogen-bond acceptors (Lipinski definition) is 1. The maximum Gasteiger partial charge on any atom is 0.00931 e. The van der Waals surface area contributed by atoms with E-state index in [4.69, 9.17) is 5.73 Å². The molecule has 0 aromatic heterocycles. The van der Waals surface area contributed by atoms with Gasteiger partial charge in [-0.3, -0.25) is 0 Å². The van der Waals surface area contributed by atoms with E-state index in [1.54, 1.807) is 0 Å². The molecule has 0 heterocycles. The molecular formula is C9H17N. The van der Waals surface area contributed by atoms with Crippen LogP contribution in [0.1, 0.15) is 39.0 Å². The van der Waals surface area contributed by atoms with Gasteiger partial charge in [-0.15, -0.1) is 0 Å². The summed E-state index contributed by atoms with van der Waals surface area (Å²) in [7, 11) is 0. The molecule has 2 fully saturated rings. The van der Waals surface area contributed by atoms with Crippen molar-refractivity contribution in [3.05, 3.63) is 0 Å². The fourth-order valence-electron chi connectivity index (χ4n) is 2.74. The van der Waals surface area contributed by atoms with E-state index < -0.39 is 0 Å². The monoisotopic (exact) mass is 139 g/mol. The van der Waals surface area contributed by atoms with Crippen LogP contribution in [0, 0.1) is 11.3 Å². The van der Waals surface area contributed by atoms with E-state index >= 15 is 0 Å². The van der Waals surface area contributed by atoms with E-state index in [1.165, 1.54) is 32.1 Å². The highest BCUT2D eigenvalue weighted by Gasteiger charge is 2.43. The summed E-state index contributed by atoms with van der Waals surface area (Å²) in [5.74, 6) is 1.03. The van der Waals surface area contributed by atoms with Gasteiger partial charge >= 0.3 is 0 Å². The van der Waals surface area contributed by atoms with Gasteiger partial charge in [-0.2, -0.15) is 0 Å². The normalized spacial score (nSPS) is 53.4. The smallest absolute Gasteiger partial charge is 0.00931 e. The highest BCUT2D eigenvalue weighted by Crippen LogP contribution is 2.50. The third-order valence-corrected chi connectivity index (χ3v) is 3.66. The van der Waals surface area contributed by atoms with Gasteiger partial charge in [-0.05, 0) is 43.4 Å². The van der Waals surface area contributed by atoms with E-state index in [0.29, 0.717) is 11.5 Å². The molecule has 2 aliphatic rings. The molecule has 0 amide bonds. The Balaban J connectivity index is 2.17. The van der Waals surface area contributed by atoms with Crippen LogP contribution in [0.5, 0.6) is 0 Å². The summed E-state index contributed by atoms with van der Waals surface area (Å²) in [6.45, 7) is 2.37. The lowest BCUT2D eigenvalue weighted by atomic mass is 9.74. The summed E-state index contributed by atoms with van der Waals surface area (Å²) in [6, 6.07) is 0.506. The molecule has 0 aromatic rings. The average Bonchev–Trinajstić information content (AvgIpc) is 2.22. The molecule has 2 bridgehead atoms. The summed E-state index contributed by atoms with van der Waals surface area (Å²) >= 11 is 0. The Morgan fingerprint density at radius 2 is 2.10 bits per heavy atom. The van der Waals surface area contributed by atoms with Gasteiger partial charge in [0.25, 0.3) is 0 Å². The van der Waals surface area contributed by atoms with Crippen molar-refractivity contribution in [3.8, 4) is 0 Å². The third-order valence-electron chi connectivity index (χ3n) is 3.66.